The van der Waals surface area contributed by atoms with E-state index in [0.717, 1.165) is 22.7 Å². The number of hydrogen-bond acceptors (Lipinski definition) is 6. The molecule has 0 aliphatic carbocycles. The Bertz CT molecular complexity index is 2310. The number of nitriles is 4. The van der Waals surface area contributed by atoms with Crippen molar-refractivity contribution in [2.75, 3.05) is 9.80 Å². The summed E-state index contributed by atoms with van der Waals surface area (Å²) in [6, 6.07) is 49.8. The summed E-state index contributed by atoms with van der Waals surface area (Å²) in [5, 5.41) is 47.9. The van der Waals surface area contributed by atoms with Crippen molar-refractivity contribution < 1.29 is 0 Å². The van der Waals surface area contributed by atoms with Crippen molar-refractivity contribution in [3.05, 3.63) is 144 Å². The Labute approximate surface area is 305 Å². The molecular formula is C44H32N6Si2. The van der Waals surface area contributed by atoms with Crippen molar-refractivity contribution >= 4 is 71.0 Å². The van der Waals surface area contributed by atoms with E-state index in [-0.39, 0.29) is 33.4 Å². The van der Waals surface area contributed by atoms with E-state index in [1.54, 1.807) is 24.3 Å². The molecule has 6 aromatic carbocycles. The molecule has 2 aliphatic rings. The highest BCUT2D eigenvalue weighted by atomic mass is 28.3. The zero-order valence-electron chi connectivity index (χ0n) is 29.2. The lowest BCUT2D eigenvalue weighted by molar-refractivity contribution is 1.27. The molecule has 0 radical (unpaired) electrons. The summed E-state index contributed by atoms with van der Waals surface area (Å²) in [6.45, 7) is 9.36. The van der Waals surface area contributed by atoms with Crippen LogP contribution in [0, 0.1) is 45.3 Å². The van der Waals surface area contributed by atoms with Crippen LogP contribution in [0.3, 0.4) is 0 Å². The van der Waals surface area contributed by atoms with Crippen molar-refractivity contribution in [3.63, 3.8) is 0 Å². The third-order valence-corrected chi connectivity index (χ3v) is 17.8. The van der Waals surface area contributed by atoms with Crippen molar-refractivity contribution in [1.29, 1.82) is 21.0 Å². The molecule has 2 heterocycles. The van der Waals surface area contributed by atoms with Gasteiger partial charge in [-0.25, -0.2) is 0 Å². The zero-order valence-corrected chi connectivity index (χ0v) is 31.2. The molecular weight excluding hydrogens is 669 g/mol. The second-order valence-electron chi connectivity index (χ2n) is 14.3. The minimum absolute atomic E-state index is 0.216. The lowest BCUT2D eigenvalue weighted by Crippen LogP contribution is -2.58. The van der Waals surface area contributed by atoms with Gasteiger partial charge in [-0.3, -0.25) is 0 Å². The largest absolute Gasteiger partial charge is 0.311 e. The van der Waals surface area contributed by atoms with Crippen molar-refractivity contribution in [1.82, 2.24) is 0 Å². The second-order valence-corrected chi connectivity index (χ2v) is 22.9. The molecule has 0 fully saturated rings. The summed E-state index contributed by atoms with van der Waals surface area (Å²) >= 11 is 0. The first kappa shape index (κ1) is 32.5. The van der Waals surface area contributed by atoms with E-state index in [1.165, 1.54) is 20.7 Å². The first-order chi connectivity index (χ1) is 25.1. The van der Waals surface area contributed by atoms with Crippen LogP contribution < -0.4 is 30.5 Å². The third kappa shape index (κ3) is 4.64. The van der Waals surface area contributed by atoms with Gasteiger partial charge in [-0.15, -0.1) is 0 Å². The Morgan fingerprint density at radius 1 is 0.385 bits per heavy atom. The van der Waals surface area contributed by atoms with Gasteiger partial charge >= 0.3 is 0 Å². The molecule has 246 valence electrons. The molecule has 0 aromatic heterocycles. The Morgan fingerprint density at radius 3 is 0.846 bits per heavy atom. The molecule has 8 rings (SSSR count). The topological polar surface area (TPSA) is 102 Å². The monoisotopic (exact) mass is 700 g/mol. The minimum atomic E-state index is -2.06. The summed E-state index contributed by atoms with van der Waals surface area (Å²) in [7, 11) is -4.11. The maximum absolute atomic E-state index is 10.7. The maximum Gasteiger partial charge on any atom is 0.117 e. The average Bonchev–Trinajstić information content (AvgIpc) is 3.17. The molecule has 0 saturated carbocycles. The van der Waals surface area contributed by atoms with Crippen LogP contribution in [-0.4, -0.2) is 16.1 Å². The summed E-state index contributed by atoms with van der Waals surface area (Å²) < 4.78 is 0. The molecule has 0 spiro atoms. The van der Waals surface area contributed by atoms with E-state index in [9.17, 15) is 21.0 Å². The van der Waals surface area contributed by atoms with E-state index in [0.29, 0.717) is 11.4 Å². The molecule has 0 unspecified atom stereocenters. The summed E-state index contributed by atoms with van der Waals surface area (Å²) in [5.74, 6) is 0. The highest BCUT2D eigenvalue weighted by Crippen LogP contribution is 2.45. The van der Waals surface area contributed by atoms with E-state index in [4.69, 9.17) is 0 Å². The van der Waals surface area contributed by atoms with Gasteiger partial charge in [0.25, 0.3) is 0 Å². The molecule has 0 amide bonds. The fraction of sp³-hybridized carbons (Fsp3) is 0.0909. The van der Waals surface area contributed by atoms with Gasteiger partial charge in [-0.2, -0.15) is 21.0 Å². The summed E-state index contributed by atoms with van der Waals surface area (Å²) in [6.07, 6.45) is 0. The van der Waals surface area contributed by atoms with Gasteiger partial charge in [0.05, 0.1) is 46.5 Å². The van der Waals surface area contributed by atoms with Crippen LogP contribution in [0.25, 0.3) is 11.1 Å². The molecule has 0 bridgehead atoms. The number of nitrogens with zero attached hydrogens (tertiary/aromatic N) is 6. The van der Waals surface area contributed by atoms with Crippen molar-refractivity contribution in [2.45, 2.75) is 26.2 Å². The van der Waals surface area contributed by atoms with Crippen LogP contribution in [0.4, 0.5) is 34.1 Å². The van der Waals surface area contributed by atoms with E-state index < -0.39 is 16.1 Å². The lowest BCUT2D eigenvalue weighted by Gasteiger charge is -2.41. The molecule has 0 saturated heterocycles. The summed E-state index contributed by atoms with van der Waals surface area (Å²) in [4.78, 5) is 4.26. The molecule has 0 atom stereocenters. The van der Waals surface area contributed by atoms with Crippen LogP contribution in [0.2, 0.25) is 26.2 Å². The van der Waals surface area contributed by atoms with Crippen LogP contribution in [0.5, 0.6) is 0 Å². The van der Waals surface area contributed by atoms with Crippen LogP contribution in [-0.2, 0) is 0 Å². The number of benzene rings is 6. The van der Waals surface area contributed by atoms with Crippen LogP contribution in [0.1, 0.15) is 22.3 Å². The highest BCUT2D eigenvalue weighted by molar-refractivity contribution is 7.03. The number of rotatable bonds is 3. The number of anilines is 6. The van der Waals surface area contributed by atoms with Crippen LogP contribution >= 0.6 is 0 Å². The standard InChI is InChI=1S/C44H32N6Si2/c1-51(2)39-17-9-5-13-35(39)49(36-14-6-10-18-40(36)51)33-21-29(25-45)43(30(22-33)26-46)44-31(27-47)23-34(24-32(44)28-48)50-37-15-7-11-19-41(37)52(3,4)42-20-12-8-16-38(42)50/h5-24H,1-4H3. The summed E-state index contributed by atoms with van der Waals surface area (Å²) in [5.41, 5.74) is 6.86. The predicted octanol–water partition coefficient (Wildman–Crippen LogP) is 8.05. The fourth-order valence-corrected chi connectivity index (χ4v) is 14.3. The number of fused-ring (bicyclic) bond motifs is 4. The van der Waals surface area contributed by atoms with Gasteiger partial charge in [0.1, 0.15) is 16.1 Å². The van der Waals surface area contributed by atoms with Gasteiger partial charge in [-0.05, 0) is 69.3 Å². The molecule has 6 aromatic rings. The zero-order chi connectivity index (χ0) is 36.4. The van der Waals surface area contributed by atoms with E-state index in [2.05, 4.69) is 133 Å². The first-order valence-electron chi connectivity index (χ1n) is 17.1. The number of para-hydroxylation sites is 4. The molecule has 52 heavy (non-hydrogen) atoms. The van der Waals surface area contributed by atoms with E-state index >= 15 is 0 Å². The lowest BCUT2D eigenvalue weighted by atomic mass is 9.87. The number of hydrogen-bond donors (Lipinski definition) is 0. The Kier molecular flexibility index (Phi) is 7.49. The molecule has 0 N–H and O–H groups in total. The quantitative estimate of drug-likeness (QED) is 0.173. The minimum Gasteiger partial charge on any atom is -0.311 e. The highest BCUT2D eigenvalue weighted by Gasteiger charge is 2.40. The SMILES string of the molecule is C[Si]1(C)c2ccccc2N(c2cc(C#N)c(-c3c(C#N)cc(N4c5ccccc5[Si](C)(C)c5ccccc54)cc3C#N)c(C#N)c2)c2ccccc21. The molecule has 6 nitrogen and oxygen atoms in total. The Hall–Kier alpha value is -6.69. The van der Waals surface area contributed by atoms with Gasteiger partial charge in [0.15, 0.2) is 0 Å². The van der Waals surface area contributed by atoms with Gasteiger partial charge in [0.2, 0.25) is 0 Å². The fourth-order valence-electron chi connectivity index (χ4n) is 8.30. The van der Waals surface area contributed by atoms with Gasteiger partial charge in [-0.1, -0.05) is 99.0 Å². The molecule has 8 heteroatoms. The van der Waals surface area contributed by atoms with Gasteiger partial charge < -0.3 is 9.80 Å². The third-order valence-electron chi connectivity index (χ3n) is 10.8. The molecule has 2 aliphatic heterocycles. The van der Waals surface area contributed by atoms with Crippen molar-refractivity contribution in [2.24, 2.45) is 0 Å². The maximum atomic E-state index is 10.7. The predicted molar refractivity (Wildman–Crippen MR) is 214 cm³/mol. The average molecular weight is 701 g/mol. The van der Waals surface area contributed by atoms with Crippen molar-refractivity contribution in [3.8, 4) is 35.4 Å². The Morgan fingerprint density at radius 2 is 0.615 bits per heavy atom. The smallest absolute Gasteiger partial charge is 0.117 e. The first-order valence-corrected chi connectivity index (χ1v) is 23.1. The second kappa shape index (κ2) is 12.0. The van der Waals surface area contributed by atoms with Gasteiger partial charge in [0, 0.05) is 45.3 Å². The van der Waals surface area contributed by atoms with Crippen LogP contribution in [0.15, 0.2) is 121 Å². The normalized spacial score (nSPS) is 14.3. The van der Waals surface area contributed by atoms with E-state index in [1.807, 2.05) is 24.3 Å². The Balaban J connectivity index is 1.34.